The molecule has 0 spiro atoms. The van der Waals surface area contributed by atoms with Gasteiger partial charge in [0.25, 0.3) is 0 Å². The second-order valence-corrected chi connectivity index (χ2v) is 4.65. The molecule has 98 valence electrons. The molecule has 0 amide bonds. The number of halogens is 3. The van der Waals surface area contributed by atoms with Crippen molar-refractivity contribution in [3.8, 4) is 0 Å². The first kappa shape index (κ1) is 14.1. The monoisotopic (exact) mass is 248 g/mol. The standard InChI is InChI=1S/C12H19F3N2/c1-10(2)7-16-8-11-3-5-17(9-11)6-4-12(13,14)15/h3,5,9-10,16H,4,6-8H2,1-2H3. The Balaban J connectivity index is 2.32. The van der Waals surface area contributed by atoms with Crippen molar-refractivity contribution >= 4 is 0 Å². The maximum absolute atomic E-state index is 12.0. The molecule has 0 bridgehead atoms. The van der Waals surface area contributed by atoms with Gasteiger partial charge >= 0.3 is 6.18 Å². The molecule has 1 aromatic rings. The first-order chi connectivity index (χ1) is 7.87. The van der Waals surface area contributed by atoms with Gasteiger partial charge in [-0.05, 0) is 24.1 Å². The summed E-state index contributed by atoms with van der Waals surface area (Å²) in [7, 11) is 0. The highest BCUT2D eigenvalue weighted by Gasteiger charge is 2.26. The molecule has 0 aromatic carbocycles. The lowest BCUT2D eigenvalue weighted by atomic mass is 10.2. The maximum atomic E-state index is 12.0. The molecular weight excluding hydrogens is 229 g/mol. The van der Waals surface area contributed by atoms with Crippen LogP contribution in [0.2, 0.25) is 0 Å². The van der Waals surface area contributed by atoms with Gasteiger partial charge in [0.1, 0.15) is 0 Å². The van der Waals surface area contributed by atoms with Crippen molar-refractivity contribution in [2.24, 2.45) is 5.92 Å². The fraction of sp³-hybridized carbons (Fsp3) is 0.667. The van der Waals surface area contributed by atoms with E-state index < -0.39 is 12.6 Å². The molecule has 0 aliphatic heterocycles. The zero-order valence-corrected chi connectivity index (χ0v) is 10.2. The predicted octanol–water partition coefficient (Wildman–Crippen LogP) is 3.19. The van der Waals surface area contributed by atoms with Gasteiger partial charge in [-0.25, -0.2) is 0 Å². The van der Waals surface area contributed by atoms with E-state index in [0.29, 0.717) is 12.5 Å². The number of aryl methyl sites for hydroxylation is 1. The number of nitrogens with one attached hydrogen (secondary N) is 1. The SMILES string of the molecule is CC(C)CNCc1ccn(CCC(F)(F)F)c1. The van der Waals surface area contributed by atoms with E-state index in [1.54, 1.807) is 17.0 Å². The third-order valence-electron chi connectivity index (χ3n) is 2.35. The number of hydrogen-bond donors (Lipinski definition) is 1. The van der Waals surface area contributed by atoms with Gasteiger partial charge in [0.15, 0.2) is 0 Å². The Labute approximate surface area is 99.8 Å². The Morgan fingerprint density at radius 3 is 2.65 bits per heavy atom. The normalized spacial score (nSPS) is 12.4. The maximum Gasteiger partial charge on any atom is 0.390 e. The van der Waals surface area contributed by atoms with Crippen LogP contribution in [0.1, 0.15) is 25.8 Å². The Morgan fingerprint density at radius 1 is 1.35 bits per heavy atom. The first-order valence-corrected chi connectivity index (χ1v) is 5.79. The second kappa shape index (κ2) is 6.10. The minimum Gasteiger partial charge on any atom is -0.354 e. The average Bonchev–Trinajstić information content (AvgIpc) is 2.61. The summed E-state index contributed by atoms with van der Waals surface area (Å²) >= 11 is 0. The zero-order valence-electron chi connectivity index (χ0n) is 10.2. The van der Waals surface area contributed by atoms with Gasteiger partial charge in [0, 0.05) is 25.5 Å². The summed E-state index contributed by atoms with van der Waals surface area (Å²) in [6.45, 7) is 5.83. The van der Waals surface area contributed by atoms with Gasteiger partial charge in [0.05, 0.1) is 6.42 Å². The van der Waals surface area contributed by atoms with Gasteiger partial charge in [-0.2, -0.15) is 13.2 Å². The van der Waals surface area contributed by atoms with Crippen molar-refractivity contribution in [2.45, 2.75) is 39.5 Å². The fourth-order valence-corrected chi connectivity index (χ4v) is 1.50. The average molecular weight is 248 g/mol. The van der Waals surface area contributed by atoms with Gasteiger partial charge in [-0.1, -0.05) is 13.8 Å². The van der Waals surface area contributed by atoms with Crippen LogP contribution in [0.5, 0.6) is 0 Å². The summed E-state index contributed by atoms with van der Waals surface area (Å²) in [6.07, 6.45) is -1.40. The van der Waals surface area contributed by atoms with Crippen molar-refractivity contribution in [1.82, 2.24) is 9.88 Å². The van der Waals surface area contributed by atoms with Crippen molar-refractivity contribution in [2.75, 3.05) is 6.54 Å². The Hall–Kier alpha value is -0.970. The molecule has 0 unspecified atom stereocenters. The largest absolute Gasteiger partial charge is 0.390 e. The summed E-state index contributed by atoms with van der Waals surface area (Å²) in [6, 6.07) is 1.85. The third kappa shape index (κ3) is 6.36. The molecule has 1 N–H and O–H groups in total. The van der Waals surface area contributed by atoms with E-state index in [4.69, 9.17) is 0 Å². The van der Waals surface area contributed by atoms with Crippen LogP contribution in [-0.2, 0) is 13.1 Å². The Bertz CT molecular complexity index is 329. The van der Waals surface area contributed by atoms with Gasteiger partial charge in [-0.15, -0.1) is 0 Å². The van der Waals surface area contributed by atoms with Crippen LogP contribution in [0.4, 0.5) is 13.2 Å². The lowest BCUT2D eigenvalue weighted by Gasteiger charge is -2.07. The first-order valence-electron chi connectivity index (χ1n) is 5.79. The molecule has 17 heavy (non-hydrogen) atoms. The summed E-state index contributed by atoms with van der Waals surface area (Å²) in [4.78, 5) is 0. The summed E-state index contributed by atoms with van der Waals surface area (Å²) in [5.74, 6) is 0.572. The molecule has 0 fully saturated rings. The summed E-state index contributed by atoms with van der Waals surface area (Å²) < 4.78 is 37.6. The Morgan fingerprint density at radius 2 is 2.06 bits per heavy atom. The smallest absolute Gasteiger partial charge is 0.354 e. The lowest BCUT2D eigenvalue weighted by Crippen LogP contribution is -2.18. The van der Waals surface area contributed by atoms with Crippen LogP contribution >= 0.6 is 0 Å². The molecular formula is C12H19F3N2. The molecule has 1 rings (SSSR count). The van der Waals surface area contributed by atoms with Crippen LogP contribution in [0.3, 0.4) is 0 Å². The molecule has 5 heteroatoms. The number of alkyl halides is 3. The van der Waals surface area contributed by atoms with E-state index in [1.807, 2.05) is 6.07 Å². The minimum atomic E-state index is -4.08. The second-order valence-electron chi connectivity index (χ2n) is 4.65. The molecule has 2 nitrogen and oxygen atoms in total. The topological polar surface area (TPSA) is 17.0 Å². The van der Waals surface area contributed by atoms with E-state index in [2.05, 4.69) is 19.2 Å². The minimum absolute atomic E-state index is 0.00627. The number of aromatic nitrogens is 1. The van der Waals surface area contributed by atoms with Crippen LogP contribution < -0.4 is 5.32 Å². The molecule has 0 atom stereocenters. The van der Waals surface area contributed by atoms with E-state index in [1.165, 1.54) is 0 Å². The van der Waals surface area contributed by atoms with E-state index in [0.717, 1.165) is 12.1 Å². The van der Waals surface area contributed by atoms with Gasteiger partial charge < -0.3 is 9.88 Å². The molecule has 0 aliphatic carbocycles. The summed E-state index contributed by atoms with van der Waals surface area (Å²) in [5.41, 5.74) is 1.02. The van der Waals surface area contributed by atoms with E-state index in [9.17, 15) is 13.2 Å². The third-order valence-corrected chi connectivity index (χ3v) is 2.35. The highest BCUT2D eigenvalue weighted by molar-refractivity contribution is 5.09. The highest BCUT2D eigenvalue weighted by Crippen LogP contribution is 2.20. The number of nitrogens with zero attached hydrogens (tertiary/aromatic N) is 1. The van der Waals surface area contributed by atoms with Gasteiger partial charge in [0.2, 0.25) is 0 Å². The van der Waals surface area contributed by atoms with E-state index in [-0.39, 0.29) is 6.54 Å². The molecule has 0 saturated heterocycles. The number of rotatable bonds is 6. The van der Waals surface area contributed by atoms with Crippen LogP contribution in [0.25, 0.3) is 0 Å². The molecule has 1 aromatic heterocycles. The fourth-order valence-electron chi connectivity index (χ4n) is 1.50. The molecule has 0 radical (unpaired) electrons. The Kier molecular flexibility index (Phi) is 5.05. The predicted molar refractivity (Wildman–Crippen MR) is 61.6 cm³/mol. The van der Waals surface area contributed by atoms with Crippen LogP contribution in [-0.4, -0.2) is 17.3 Å². The quantitative estimate of drug-likeness (QED) is 0.818. The zero-order chi connectivity index (χ0) is 12.9. The van der Waals surface area contributed by atoms with Crippen molar-refractivity contribution in [3.63, 3.8) is 0 Å². The van der Waals surface area contributed by atoms with Crippen molar-refractivity contribution in [3.05, 3.63) is 24.0 Å². The van der Waals surface area contributed by atoms with Crippen LogP contribution in [0.15, 0.2) is 18.5 Å². The molecule has 0 aliphatic rings. The van der Waals surface area contributed by atoms with E-state index >= 15 is 0 Å². The van der Waals surface area contributed by atoms with Crippen LogP contribution in [0, 0.1) is 5.92 Å². The van der Waals surface area contributed by atoms with Crippen molar-refractivity contribution in [1.29, 1.82) is 0 Å². The lowest BCUT2D eigenvalue weighted by molar-refractivity contribution is -0.136. The molecule has 1 heterocycles. The molecule has 0 saturated carbocycles. The number of hydrogen-bond acceptors (Lipinski definition) is 1. The van der Waals surface area contributed by atoms with Crippen molar-refractivity contribution < 1.29 is 13.2 Å². The summed E-state index contributed by atoms with van der Waals surface area (Å²) in [5, 5.41) is 3.25. The highest BCUT2D eigenvalue weighted by atomic mass is 19.4. The van der Waals surface area contributed by atoms with Gasteiger partial charge in [-0.3, -0.25) is 0 Å².